The number of β-lactam (4-membered cyclic amide) rings is 1. The van der Waals surface area contributed by atoms with Gasteiger partial charge in [0, 0.05) is 15.5 Å². The van der Waals surface area contributed by atoms with E-state index in [2.05, 4.69) is 57.2 Å². The number of anilines is 1. The van der Waals surface area contributed by atoms with Gasteiger partial charge in [-0.25, -0.2) is 14.8 Å². The molecule has 2 aliphatic rings. The number of amides is 2. The number of carbonyl (C=O) groups is 3. The highest BCUT2D eigenvalue weighted by Crippen LogP contribution is 2.46. The SMILES string of the molecule is CON=C(C(=O)NC1C(=O)N2C(C(=O)O)=C(C=Cc3scnc3C)C(Cc3ccc(OC)cc3)S[C@H]12)c1csc(NC(c2ccccc2)(c2ccccc2)c2ccccc2)n1. The van der Waals surface area contributed by atoms with E-state index in [9.17, 15) is 19.5 Å². The summed E-state index contributed by atoms with van der Waals surface area (Å²) >= 11 is 4.15. The molecule has 4 heterocycles. The van der Waals surface area contributed by atoms with Crippen LogP contribution in [-0.4, -0.2) is 74.4 Å². The number of nitrogens with one attached hydrogen (secondary N) is 2. The number of hydrogen-bond donors (Lipinski definition) is 3. The molecule has 15 heteroatoms. The lowest BCUT2D eigenvalue weighted by molar-refractivity contribution is -0.150. The van der Waals surface area contributed by atoms with E-state index >= 15 is 0 Å². The molecule has 6 aromatic rings. The molecule has 0 bridgehead atoms. The predicted molar refractivity (Wildman–Crippen MR) is 240 cm³/mol. The van der Waals surface area contributed by atoms with Crippen molar-refractivity contribution in [1.82, 2.24) is 20.2 Å². The number of carboxylic acid groups (broad SMARTS) is 1. The monoisotopic (exact) mass is 868 g/mol. The van der Waals surface area contributed by atoms with Crippen molar-refractivity contribution in [2.45, 2.75) is 35.5 Å². The van der Waals surface area contributed by atoms with Crippen molar-refractivity contribution in [3.63, 3.8) is 0 Å². The number of benzene rings is 4. The van der Waals surface area contributed by atoms with Gasteiger partial charge in [0.2, 0.25) is 0 Å². The highest BCUT2D eigenvalue weighted by Gasteiger charge is 2.56. The van der Waals surface area contributed by atoms with Gasteiger partial charge in [0.05, 0.1) is 18.3 Å². The van der Waals surface area contributed by atoms with E-state index in [0.717, 1.165) is 32.8 Å². The summed E-state index contributed by atoms with van der Waals surface area (Å²) in [6.45, 7) is 1.88. The number of oxime groups is 1. The Morgan fingerprint density at radius 1 is 0.885 bits per heavy atom. The third-order valence-electron chi connectivity index (χ3n) is 10.5. The molecule has 4 aromatic carbocycles. The van der Waals surface area contributed by atoms with Gasteiger partial charge in [-0.05, 0) is 59.4 Å². The third-order valence-corrected chi connectivity index (χ3v) is 13.7. The Kier molecular flexibility index (Phi) is 12.1. The number of aliphatic carboxylic acids is 1. The minimum Gasteiger partial charge on any atom is -0.497 e. The molecule has 0 spiro atoms. The smallest absolute Gasteiger partial charge is 0.352 e. The minimum atomic E-state index is -1.24. The lowest BCUT2D eigenvalue weighted by atomic mass is 9.77. The van der Waals surface area contributed by atoms with Crippen LogP contribution in [0.4, 0.5) is 5.13 Å². The topological polar surface area (TPSA) is 155 Å². The van der Waals surface area contributed by atoms with Crippen molar-refractivity contribution in [3.05, 3.63) is 182 Å². The van der Waals surface area contributed by atoms with Crippen LogP contribution in [0, 0.1) is 6.92 Å². The number of thioether (sulfide) groups is 1. The maximum atomic E-state index is 14.2. The van der Waals surface area contributed by atoms with Crippen molar-refractivity contribution < 1.29 is 29.1 Å². The Morgan fingerprint density at radius 3 is 2.05 bits per heavy atom. The molecular formula is C46H40N6O6S3. The lowest BCUT2D eigenvalue weighted by Crippen LogP contribution is -2.71. The van der Waals surface area contributed by atoms with E-state index in [1.165, 1.54) is 46.4 Å². The summed E-state index contributed by atoms with van der Waals surface area (Å²) in [5.74, 6) is -1.80. The van der Waals surface area contributed by atoms with Gasteiger partial charge in [-0.15, -0.1) is 34.4 Å². The van der Waals surface area contributed by atoms with Crippen LogP contribution in [0.25, 0.3) is 6.08 Å². The fraction of sp³-hybridized carbons (Fsp3) is 0.174. The fourth-order valence-electron chi connectivity index (χ4n) is 7.58. The van der Waals surface area contributed by atoms with Crippen molar-refractivity contribution in [3.8, 4) is 5.75 Å². The first-order chi connectivity index (χ1) is 29.7. The molecule has 61 heavy (non-hydrogen) atoms. The molecule has 1 saturated heterocycles. The first-order valence-corrected chi connectivity index (χ1v) is 21.9. The van der Waals surface area contributed by atoms with Gasteiger partial charge in [-0.1, -0.05) is 114 Å². The molecule has 2 aliphatic heterocycles. The summed E-state index contributed by atoms with van der Waals surface area (Å²) in [4.78, 5) is 57.6. The fourth-order valence-corrected chi connectivity index (χ4v) is 10.7. The van der Waals surface area contributed by atoms with Crippen molar-refractivity contribution >= 4 is 69.1 Å². The normalized spacial score (nSPS) is 17.8. The summed E-state index contributed by atoms with van der Waals surface area (Å²) in [6.07, 6.45) is 4.05. The second-order valence-electron chi connectivity index (χ2n) is 14.1. The van der Waals surface area contributed by atoms with Gasteiger partial charge < -0.3 is 25.3 Å². The standard InChI is InChI=1S/C46H40N6O6S3/c1-28-36(60-27-47-28)24-23-34-37(25-29-19-21-33(57-2)22-20-29)61-43-39(42(54)52(43)40(34)44(55)56)49-41(53)38(51-58-3)35-26-59-45(48-35)50-46(30-13-7-4-8-14-30,31-15-9-5-10-16-31)32-17-11-6-12-18-32/h4-24,26-27,37,39,43H,25H2,1-3H3,(H,48,50)(H,49,53)(H,55,56)/t37?,39?,43-/m1/s1. The number of methoxy groups -OCH3 is 1. The number of thiazole rings is 2. The highest BCUT2D eigenvalue weighted by atomic mass is 32.2. The Morgan fingerprint density at radius 2 is 1.51 bits per heavy atom. The number of ether oxygens (including phenoxy) is 1. The molecule has 2 aromatic heterocycles. The van der Waals surface area contributed by atoms with Crippen molar-refractivity contribution in [1.29, 1.82) is 0 Å². The van der Waals surface area contributed by atoms with Crippen LogP contribution >= 0.6 is 34.4 Å². The zero-order valence-corrected chi connectivity index (χ0v) is 35.7. The highest BCUT2D eigenvalue weighted by molar-refractivity contribution is 8.01. The molecule has 2 amide bonds. The summed E-state index contributed by atoms with van der Waals surface area (Å²) in [7, 11) is 2.92. The zero-order chi connectivity index (χ0) is 42.5. The minimum absolute atomic E-state index is 0.129. The van der Waals surface area contributed by atoms with Gasteiger partial charge in [0.25, 0.3) is 11.8 Å². The molecule has 308 valence electrons. The van der Waals surface area contributed by atoms with E-state index in [4.69, 9.17) is 14.6 Å². The van der Waals surface area contributed by atoms with E-state index in [1.54, 1.807) is 24.1 Å². The Labute approximate surface area is 364 Å². The molecule has 3 atom stereocenters. The van der Waals surface area contributed by atoms with Crippen LogP contribution in [0.5, 0.6) is 5.75 Å². The van der Waals surface area contributed by atoms with Crippen molar-refractivity contribution in [2.75, 3.05) is 19.5 Å². The number of aromatic nitrogens is 2. The average molecular weight is 869 g/mol. The van der Waals surface area contributed by atoms with Crippen LogP contribution in [0.1, 0.15) is 38.5 Å². The largest absolute Gasteiger partial charge is 0.497 e. The van der Waals surface area contributed by atoms with Crippen LogP contribution in [0.3, 0.4) is 0 Å². The first kappa shape index (κ1) is 41.2. The number of carboxylic acids is 1. The van der Waals surface area contributed by atoms with E-state index in [1.807, 2.05) is 91.9 Å². The molecule has 12 nitrogen and oxygen atoms in total. The van der Waals surface area contributed by atoms with Gasteiger partial charge in [0.15, 0.2) is 10.8 Å². The van der Waals surface area contributed by atoms with E-state index < -0.39 is 40.0 Å². The summed E-state index contributed by atoms with van der Waals surface area (Å²) in [6, 6.07) is 36.7. The number of aryl methyl sites for hydroxylation is 1. The van der Waals surface area contributed by atoms with Gasteiger partial charge in [-0.3, -0.25) is 14.5 Å². The molecule has 2 unspecified atom stereocenters. The quantitative estimate of drug-likeness (QED) is 0.0404. The Hall–Kier alpha value is -6.55. The number of carbonyl (C=O) groups excluding carboxylic acids is 2. The van der Waals surface area contributed by atoms with Crippen LogP contribution in [0.2, 0.25) is 0 Å². The number of nitrogens with zero attached hydrogens (tertiary/aromatic N) is 4. The maximum Gasteiger partial charge on any atom is 0.352 e. The lowest BCUT2D eigenvalue weighted by Gasteiger charge is -2.51. The maximum absolute atomic E-state index is 14.2. The second kappa shape index (κ2) is 18.0. The first-order valence-electron chi connectivity index (χ1n) is 19.2. The van der Waals surface area contributed by atoms with E-state index in [-0.39, 0.29) is 17.1 Å². The molecule has 0 radical (unpaired) electrons. The molecule has 0 saturated carbocycles. The summed E-state index contributed by atoms with van der Waals surface area (Å²) < 4.78 is 5.35. The van der Waals surface area contributed by atoms with Crippen molar-refractivity contribution in [2.24, 2.45) is 5.16 Å². The zero-order valence-electron chi connectivity index (χ0n) is 33.2. The van der Waals surface area contributed by atoms with Gasteiger partial charge >= 0.3 is 5.97 Å². The Bertz CT molecular complexity index is 2530. The van der Waals surface area contributed by atoms with Gasteiger partial charge in [0.1, 0.15) is 41.2 Å². The number of rotatable bonds is 15. The average Bonchev–Trinajstić information content (AvgIpc) is 3.94. The molecule has 1 fully saturated rings. The number of hydrogen-bond acceptors (Lipinski definition) is 12. The van der Waals surface area contributed by atoms with Crippen LogP contribution in [0.15, 0.2) is 149 Å². The molecule has 0 aliphatic carbocycles. The van der Waals surface area contributed by atoms with Crippen LogP contribution < -0.4 is 15.4 Å². The number of allylic oxidation sites excluding steroid dienone is 1. The predicted octanol–water partition coefficient (Wildman–Crippen LogP) is 7.73. The van der Waals surface area contributed by atoms with E-state index in [0.29, 0.717) is 22.9 Å². The van der Waals surface area contributed by atoms with Gasteiger partial charge in [-0.2, -0.15) is 0 Å². The van der Waals surface area contributed by atoms with Crippen LogP contribution in [-0.2, 0) is 31.2 Å². The molecular weight excluding hydrogens is 829 g/mol. The molecule has 8 rings (SSSR count). The Balaban J connectivity index is 1.09. The summed E-state index contributed by atoms with van der Waals surface area (Å²) in [5, 5.41) is 22.4. The third kappa shape index (κ3) is 8.19. The number of fused-ring (bicyclic) bond motifs is 1. The second-order valence-corrected chi connectivity index (χ2v) is 17.2. The summed E-state index contributed by atoms with van der Waals surface area (Å²) in [5.41, 5.74) is 5.98. The molecule has 3 N–H and O–H groups in total.